The fraction of sp³-hybridized carbons (Fsp3) is 1.00. The van der Waals surface area contributed by atoms with Gasteiger partial charge >= 0.3 is 0 Å². The highest BCUT2D eigenvalue weighted by Gasteiger charge is 2.12. The summed E-state index contributed by atoms with van der Waals surface area (Å²) in [7, 11) is 2.09. The highest BCUT2D eigenvalue weighted by Crippen LogP contribution is 2.15. The Balaban J connectivity index is 3.60. The van der Waals surface area contributed by atoms with Gasteiger partial charge in [-0.25, -0.2) is 0 Å². The Labute approximate surface area is 77.9 Å². The minimum Gasteiger partial charge on any atom is -0.317 e. The molecule has 12 heavy (non-hydrogen) atoms. The second kappa shape index (κ2) is 7.60. The molecule has 2 atom stereocenters. The molecule has 0 aromatic heterocycles. The van der Waals surface area contributed by atoms with Gasteiger partial charge in [-0.3, -0.25) is 0 Å². The molecule has 1 N–H and O–H groups in total. The van der Waals surface area contributed by atoms with E-state index in [-0.39, 0.29) is 0 Å². The molecule has 1 unspecified atom stereocenters. The highest BCUT2D eigenvalue weighted by molar-refractivity contribution is 4.70. The second-order valence-corrected chi connectivity index (χ2v) is 3.80. The van der Waals surface area contributed by atoms with E-state index in [0.29, 0.717) is 0 Å². The fourth-order valence-electron chi connectivity index (χ4n) is 1.75. The van der Waals surface area contributed by atoms with Crippen LogP contribution in [0.2, 0.25) is 0 Å². The first-order valence-corrected chi connectivity index (χ1v) is 5.43. The Morgan fingerprint density at radius 1 is 1.08 bits per heavy atom. The summed E-state index contributed by atoms with van der Waals surface area (Å²) in [5, 5.41) is 3.41. The van der Waals surface area contributed by atoms with Gasteiger partial charge in [0.15, 0.2) is 0 Å². The van der Waals surface area contributed by atoms with Crippen LogP contribution in [-0.4, -0.2) is 13.1 Å². The van der Waals surface area contributed by atoms with E-state index < -0.39 is 0 Å². The third-order valence-electron chi connectivity index (χ3n) is 2.67. The van der Waals surface area contributed by atoms with Crippen LogP contribution < -0.4 is 5.32 Å². The molecule has 0 rings (SSSR count). The van der Waals surface area contributed by atoms with E-state index in [1.54, 1.807) is 0 Å². The Morgan fingerprint density at radius 2 is 1.75 bits per heavy atom. The van der Waals surface area contributed by atoms with Gasteiger partial charge in [0.25, 0.3) is 0 Å². The molecule has 0 aliphatic heterocycles. The van der Waals surface area contributed by atoms with Crippen molar-refractivity contribution >= 4 is 0 Å². The minimum absolute atomic E-state index is 0.738. The summed E-state index contributed by atoms with van der Waals surface area (Å²) in [5.41, 5.74) is 0. The SMILES string of the molecule is CCCCC(C)[C@H](CCC)NC. The number of hydrogen-bond acceptors (Lipinski definition) is 1. The van der Waals surface area contributed by atoms with Crippen molar-refractivity contribution in [1.82, 2.24) is 5.32 Å². The Kier molecular flexibility index (Phi) is 7.58. The van der Waals surface area contributed by atoms with E-state index in [1.165, 1.54) is 32.1 Å². The van der Waals surface area contributed by atoms with Gasteiger partial charge in [0.1, 0.15) is 0 Å². The van der Waals surface area contributed by atoms with Gasteiger partial charge in [0.05, 0.1) is 0 Å². The zero-order chi connectivity index (χ0) is 9.40. The molecule has 0 aliphatic rings. The maximum atomic E-state index is 3.41. The number of unbranched alkanes of at least 4 members (excludes halogenated alkanes) is 1. The zero-order valence-electron chi connectivity index (χ0n) is 9.19. The maximum absolute atomic E-state index is 3.41. The topological polar surface area (TPSA) is 12.0 Å². The molecule has 0 aromatic carbocycles. The van der Waals surface area contributed by atoms with Crippen molar-refractivity contribution < 1.29 is 0 Å². The summed E-state index contributed by atoms with van der Waals surface area (Å²) in [6.07, 6.45) is 6.70. The van der Waals surface area contributed by atoms with E-state index >= 15 is 0 Å². The molecule has 0 saturated carbocycles. The van der Waals surface area contributed by atoms with Crippen molar-refractivity contribution in [2.24, 2.45) is 5.92 Å². The van der Waals surface area contributed by atoms with Crippen molar-refractivity contribution in [1.29, 1.82) is 0 Å². The lowest BCUT2D eigenvalue weighted by Gasteiger charge is -2.22. The molecule has 0 bridgehead atoms. The van der Waals surface area contributed by atoms with Crippen molar-refractivity contribution in [2.45, 2.75) is 58.9 Å². The van der Waals surface area contributed by atoms with Gasteiger partial charge in [-0.1, -0.05) is 40.0 Å². The predicted octanol–water partition coefficient (Wildman–Crippen LogP) is 3.20. The van der Waals surface area contributed by atoms with Crippen LogP contribution in [0.4, 0.5) is 0 Å². The number of rotatable bonds is 7. The summed E-state index contributed by atoms with van der Waals surface area (Å²) in [6, 6.07) is 0.738. The molecule has 1 heteroatoms. The average molecular weight is 171 g/mol. The van der Waals surface area contributed by atoms with E-state index in [9.17, 15) is 0 Å². The molecular formula is C11H25N. The molecule has 0 heterocycles. The van der Waals surface area contributed by atoms with Gasteiger partial charge in [-0.2, -0.15) is 0 Å². The summed E-state index contributed by atoms with van der Waals surface area (Å²) in [4.78, 5) is 0. The van der Waals surface area contributed by atoms with Crippen LogP contribution in [0.5, 0.6) is 0 Å². The van der Waals surface area contributed by atoms with Crippen molar-refractivity contribution in [2.75, 3.05) is 7.05 Å². The third-order valence-corrected chi connectivity index (χ3v) is 2.67. The van der Waals surface area contributed by atoms with Gasteiger partial charge in [0, 0.05) is 6.04 Å². The van der Waals surface area contributed by atoms with Crippen LogP contribution in [-0.2, 0) is 0 Å². The van der Waals surface area contributed by atoms with Crippen molar-refractivity contribution in [3.05, 3.63) is 0 Å². The van der Waals surface area contributed by atoms with E-state index in [2.05, 4.69) is 33.1 Å². The van der Waals surface area contributed by atoms with Crippen LogP contribution in [0.1, 0.15) is 52.9 Å². The molecule has 0 amide bonds. The molecule has 0 aliphatic carbocycles. The first kappa shape index (κ1) is 12.0. The molecule has 0 radical (unpaired) electrons. The van der Waals surface area contributed by atoms with Crippen LogP contribution in [0.25, 0.3) is 0 Å². The second-order valence-electron chi connectivity index (χ2n) is 3.80. The van der Waals surface area contributed by atoms with Crippen molar-refractivity contribution in [3.8, 4) is 0 Å². The number of nitrogens with one attached hydrogen (secondary N) is 1. The smallest absolute Gasteiger partial charge is 0.00895 e. The summed E-state index contributed by atoms with van der Waals surface area (Å²) in [6.45, 7) is 6.89. The average Bonchev–Trinajstić information content (AvgIpc) is 2.10. The molecule has 0 fully saturated rings. The molecule has 74 valence electrons. The molecule has 0 spiro atoms. The normalized spacial score (nSPS) is 16.0. The summed E-state index contributed by atoms with van der Waals surface area (Å²) >= 11 is 0. The van der Waals surface area contributed by atoms with Crippen LogP contribution in [0, 0.1) is 5.92 Å². The lowest BCUT2D eigenvalue weighted by atomic mass is 9.93. The third kappa shape index (κ3) is 4.76. The van der Waals surface area contributed by atoms with Crippen LogP contribution in [0.3, 0.4) is 0 Å². The minimum atomic E-state index is 0.738. The predicted molar refractivity (Wildman–Crippen MR) is 56.4 cm³/mol. The van der Waals surface area contributed by atoms with E-state index in [0.717, 1.165) is 12.0 Å². The van der Waals surface area contributed by atoms with E-state index in [4.69, 9.17) is 0 Å². The first-order chi connectivity index (χ1) is 5.76. The Bertz CT molecular complexity index is 91.0. The lowest BCUT2D eigenvalue weighted by molar-refractivity contribution is 0.348. The van der Waals surface area contributed by atoms with Gasteiger partial charge in [-0.15, -0.1) is 0 Å². The fourth-order valence-corrected chi connectivity index (χ4v) is 1.75. The Morgan fingerprint density at radius 3 is 2.17 bits per heavy atom. The van der Waals surface area contributed by atoms with Crippen LogP contribution in [0.15, 0.2) is 0 Å². The lowest BCUT2D eigenvalue weighted by Crippen LogP contribution is -2.31. The monoisotopic (exact) mass is 171 g/mol. The first-order valence-electron chi connectivity index (χ1n) is 5.43. The van der Waals surface area contributed by atoms with Gasteiger partial charge < -0.3 is 5.32 Å². The highest BCUT2D eigenvalue weighted by atomic mass is 14.9. The molecular weight excluding hydrogens is 146 g/mol. The van der Waals surface area contributed by atoms with E-state index in [1.807, 2.05) is 0 Å². The van der Waals surface area contributed by atoms with Crippen molar-refractivity contribution in [3.63, 3.8) is 0 Å². The van der Waals surface area contributed by atoms with Gasteiger partial charge in [0.2, 0.25) is 0 Å². The summed E-state index contributed by atoms with van der Waals surface area (Å²) < 4.78 is 0. The Hall–Kier alpha value is -0.0400. The van der Waals surface area contributed by atoms with Gasteiger partial charge in [-0.05, 0) is 25.8 Å². The summed E-state index contributed by atoms with van der Waals surface area (Å²) in [5.74, 6) is 0.842. The van der Waals surface area contributed by atoms with Crippen LogP contribution >= 0.6 is 0 Å². The maximum Gasteiger partial charge on any atom is 0.00895 e. The molecule has 0 aromatic rings. The largest absolute Gasteiger partial charge is 0.317 e. The molecule has 1 nitrogen and oxygen atoms in total. The standard InChI is InChI=1S/C11H25N/c1-5-7-9-10(3)11(12-4)8-6-2/h10-12H,5-9H2,1-4H3/t10?,11-/m0/s1. The molecule has 0 saturated heterocycles. The number of hydrogen-bond donors (Lipinski definition) is 1. The zero-order valence-corrected chi connectivity index (χ0v) is 9.19. The quantitative estimate of drug-likeness (QED) is 0.620.